The van der Waals surface area contributed by atoms with Crippen molar-refractivity contribution in [3.8, 4) is 6.07 Å². The van der Waals surface area contributed by atoms with Crippen molar-refractivity contribution in [1.82, 2.24) is 0 Å². The molecule has 0 unspecified atom stereocenters. The summed E-state index contributed by atoms with van der Waals surface area (Å²) in [7, 11) is 0. The van der Waals surface area contributed by atoms with Gasteiger partial charge in [0.1, 0.15) is 0 Å². The molecule has 15 heavy (non-hydrogen) atoms. The highest BCUT2D eigenvalue weighted by atomic mass is 14.2. The van der Waals surface area contributed by atoms with Crippen molar-refractivity contribution in [2.75, 3.05) is 0 Å². The molecule has 1 nitrogen and oxygen atoms in total. The molecule has 0 fully saturated rings. The van der Waals surface area contributed by atoms with Gasteiger partial charge in [0.25, 0.3) is 0 Å². The third-order valence-electron chi connectivity index (χ3n) is 2.89. The van der Waals surface area contributed by atoms with Crippen LogP contribution in [0.2, 0.25) is 0 Å². The van der Waals surface area contributed by atoms with Crippen LogP contribution in [0.5, 0.6) is 0 Å². The van der Waals surface area contributed by atoms with Crippen molar-refractivity contribution in [2.45, 2.75) is 19.3 Å². The van der Waals surface area contributed by atoms with Crippen molar-refractivity contribution in [3.05, 3.63) is 48.1 Å². The molecule has 1 heteroatoms. The minimum atomic E-state index is 0.461. The van der Waals surface area contributed by atoms with Crippen LogP contribution in [0.25, 0.3) is 0 Å². The van der Waals surface area contributed by atoms with Crippen molar-refractivity contribution in [3.63, 3.8) is 0 Å². The van der Waals surface area contributed by atoms with Gasteiger partial charge in [-0.1, -0.05) is 48.1 Å². The highest BCUT2D eigenvalue weighted by Gasteiger charge is 2.15. The molecular formula is C14H15N. The van der Waals surface area contributed by atoms with E-state index in [4.69, 9.17) is 5.26 Å². The molecule has 0 aromatic rings. The van der Waals surface area contributed by atoms with Crippen molar-refractivity contribution in [1.29, 1.82) is 5.26 Å². The third-order valence-corrected chi connectivity index (χ3v) is 2.89. The van der Waals surface area contributed by atoms with E-state index in [9.17, 15) is 0 Å². The largest absolute Gasteiger partial charge is 0.198 e. The van der Waals surface area contributed by atoms with E-state index >= 15 is 0 Å². The maximum Gasteiger partial charge on any atom is 0.0621 e. The fourth-order valence-electron chi connectivity index (χ4n) is 2.09. The van der Waals surface area contributed by atoms with Crippen LogP contribution in [0, 0.1) is 23.2 Å². The summed E-state index contributed by atoms with van der Waals surface area (Å²) in [5.74, 6) is 0.924. The number of fused-ring (bicyclic) bond motifs is 1. The fraction of sp³-hybridized carbons (Fsp3) is 0.357. The Hall–Kier alpha value is -1.55. The standard InChI is InChI=1S/C14H15N/c15-10-4-3-7-14-11-12-5-1-2-6-13(14)9-8-12/h1-2,5-6,8-9,11-13H,3-4,7H2/b5-1?,6-2-/t12-,13+/m0/s1. The van der Waals surface area contributed by atoms with Gasteiger partial charge < -0.3 is 0 Å². The van der Waals surface area contributed by atoms with Crippen molar-refractivity contribution < 1.29 is 0 Å². The first-order valence-corrected chi connectivity index (χ1v) is 5.51. The normalized spacial score (nSPS) is 29.1. The zero-order valence-electron chi connectivity index (χ0n) is 8.76. The molecule has 2 bridgehead atoms. The third kappa shape index (κ3) is 2.47. The van der Waals surface area contributed by atoms with Crippen LogP contribution >= 0.6 is 0 Å². The van der Waals surface area contributed by atoms with E-state index in [2.05, 4.69) is 48.6 Å². The predicted octanol–water partition coefficient (Wildman–Crippen LogP) is 3.53. The van der Waals surface area contributed by atoms with Crippen molar-refractivity contribution >= 4 is 0 Å². The fourth-order valence-corrected chi connectivity index (χ4v) is 2.09. The Balaban J connectivity index is 2.07. The van der Waals surface area contributed by atoms with E-state index in [1.807, 2.05) is 0 Å². The molecule has 3 aliphatic carbocycles. The maximum atomic E-state index is 8.52. The summed E-state index contributed by atoms with van der Waals surface area (Å²) in [6.07, 6.45) is 18.2. The van der Waals surface area contributed by atoms with E-state index in [-0.39, 0.29) is 0 Å². The molecule has 2 atom stereocenters. The summed E-state index contributed by atoms with van der Waals surface area (Å²) in [5.41, 5.74) is 1.47. The topological polar surface area (TPSA) is 23.8 Å². The summed E-state index contributed by atoms with van der Waals surface area (Å²) in [6, 6.07) is 2.20. The number of nitriles is 1. The van der Waals surface area contributed by atoms with Gasteiger partial charge in [-0.05, 0) is 12.8 Å². The quantitative estimate of drug-likeness (QED) is 0.501. The molecule has 3 rings (SSSR count). The molecule has 0 radical (unpaired) electrons. The Morgan fingerprint density at radius 1 is 1.13 bits per heavy atom. The lowest BCUT2D eigenvalue weighted by atomic mass is 9.84. The maximum absolute atomic E-state index is 8.52. The average Bonchev–Trinajstić information content (AvgIpc) is 2.20. The van der Waals surface area contributed by atoms with Gasteiger partial charge in [0.2, 0.25) is 0 Å². The summed E-state index contributed by atoms with van der Waals surface area (Å²) in [4.78, 5) is 0. The van der Waals surface area contributed by atoms with Crippen LogP contribution in [0.1, 0.15) is 19.3 Å². The van der Waals surface area contributed by atoms with Crippen LogP contribution in [-0.2, 0) is 0 Å². The minimum absolute atomic E-state index is 0.461. The van der Waals surface area contributed by atoms with E-state index in [1.165, 1.54) is 5.57 Å². The van der Waals surface area contributed by atoms with Crippen LogP contribution in [0.4, 0.5) is 0 Å². The van der Waals surface area contributed by atoms with Crippen molar-refractivity contribution in [2.24, 2.45) is 11.8 Å². The number of nitrogens with zero attached hydrogens (tertiary/aromatic N) is 1. The van der Waals surface area contributed by atoms with Crippen LogP contribution in [0.15, 0.2) is 48.1 Å². The van der Waals surface area contributed by atoms with E-state index in [0.717, 1.165) is 12.8 Å². The van der Waals surface area contributed by atoms with E-state index in [1.54, 1.807) is 0 Å². The second-order valence-corrected chi connectivity index (χ2v) is 4.01. The summed E-state index contributed by atoms with van der Waals surface area (Å²) in [6.45, 7) is 0. The molecule has 0 saturated heterocycles. The second-order valence-electron chi connectivity index (χ2n) is 4.01. The zero-order chi connectivity index (χ0) is 10.5. The highest BCUT2D eigenvalue weighted by molar-refractivity contribution is 5.33. The Morgan fingerprint density at radius 3 is 2.87 bits per heavy atom. The number of allylic oxidation sites excluding steroid dienone is 8. The van der Waals surface area contributed by atoms with Gasteiger partial charge in [-0.3, -0.25) is 0 Å². The number of unbranched alkanes of at least 4 members (excludes halogenated alkanes) is 1. The van der Waals surface area contributed by atoms with Crippen LogP contribution in [0.3, 0.4) is 0 Å². The molecule has 0 N–H and O–H groups in total. The van der Waals surface area contributed by atoms with Gasteiger partial charge >= 0.3 is 0 Å². The first kappa shape index (κ1) is 9.98. The Bertz CT molecular complexity index is 377. The molecule has 3 aliphatic rings. The Labute approximate surface area is 91.1 Å². The van der Waals surface area contributed by atoms with Gasteiger partial charge in [0.15, 0.2) is 0 Å². The molecular weight excluding hydrogens is 182 g/mol. The van der Waals surface area contributed by atoms with Gasteiger partial charge in [-0.2, -0.15) is 5.26 Å². The molecule has 0 aliphatic heterocycles. The molecule has 0 heterocycles. The first-order chi connectivity index (χ1) is 7.40. The average molecular weight is 197 g/mol. The van der Waals surface area contributed by atoms with Crippen LogP contribution in [-0.4, -0.2) is 0 Å². The van der Waals surface area contributed by atoms with E-state index in [0.29, 0.717) is 18.3 Å². The van der Waals surface area contributed by atoms with Crippen LogP contribution < -0.4 is 0 Å². The summed E-state index contributed by atoms with van der Waals surface area (Å²) >= 11 is 0. The smallest absolute Gasteiger partial charge is 0.0621 e. The molecule has 76 valence electrons. The SMILES string of the molecule is N#CCCCC1=C[C@H]2C=C/C=C\[C@@H]1C=C2. The monoisotopic (exact) mass is 197 g/mol. The Kier molecular flexibility index (Phi) is 3.19. The molecule has 0 aromatic carbocycles. The second kappa shape index (κ2) is 4.79. The lowest BCUT2D eigenvalue weighted by Crippen LogP contribution is -2.07. The predicted molar refractivity (Wildman–Crippen MR) is 61.9 cm³/mol. The lowest BCUT2D eigenvalue weighted by Gasteiger charge is -2.21. The van der Waals surface area contributed by atoms with Gasteiger partial charge in [0.05, 0.1) is 6.07 Å². The van der Waals surface area contributed by atoms with Gasteiger partial charge in [-0.25, -0.2) is 0 Å². The molecule has 0 spiro atoms. The first-order valence-electron chi connectivity index (χ1n) is 5.51. The Morgan fingerprint density at radius 2 is 2.00 bits per heavy atom. The van der Waals surface area contributed by atoms with Gasteiger partial charge in [0, 0.05) is 18.3 Å². The number of hydrogen-bond donors (Lipinski definition) is 0. The number of hydrogen-bond acceptors (Lipinski definition) is 1. The molecule has 0 amide bonds. The van der Waals surface area contributed by atoms with Gasteiger partial charge in [-0.15, -0.1) is 0 Å². The van der Waals surface area contributed by atoms with E-state index < -0.39 is 0 Å². The molecule has 0 saturated carbocycles. The lowest BCUT2D eigenvalue weighted by molar-refractivity contribution is 0.743. The summed E-state index contributed by atoms with van der Waals surface area (Å²) in [5, 5.41) is 8.52. The zero-order valence-corrected chi connectivity index (χ0v) is 8.76. The number of rotatable bonds is 3. The molecule has 0 aromatic heterocycles. The highest BCUT2D eigenvalue weighted by Crippen LogP contribution is 2.29. The minimum Gasteiger partial charge on any atom is -0.198 e. The summed E-state index contributed by atoms with van der Waals surface area (Å²) < 4.78 is 0.